The van der Waals surface area contributed by atoms with Crippen molar-refractivity contribution in [1.82, 2.24) is 5.32 Å². The Kier molecular flexibility index (Phi) is 2.86. The Morgan fingerprint density at radius 3 is 3.00 bits per heavy atom. The SMILES string of the molecule is CC(N)(C(=O)NCc1cccc2c1OCO2)C1CC1. The lowest BCUT2D eigenvalue weighted by atomic mass is 9.96. The molecular formula is C14H18N2O3. The Hall–Kier alpha value is -1.75. The summed E-state index contributed by atoms with van der Waals surface area (Å²) in [4.78, 5) is 12.1. The Labute approximate surface area is 112 Å². The van der Waals surface area contributed by atoms with Gasteiger partial charge < -0.3 is 20.5 Å². The summed E-state index contributed by atoms with van der Waals surface area (Å²) >= 11 is 0. The number of amides is 1. The van der Waals surface area contributed by atoms with Crippen LogP contribution in [0.4, 0.5) is 0 Å². The molecule has 1 saturated carbocycles. The number of para-hydroxylation sites is 1. The molecule has 0 bridgehead atoms. The first-order valence-corrected chi connectivity index (χ1v) is 6.53. The molecule has 1 aromatic carbocycles. The van der Waals surface area contributed by atoms with Gasteiger partial charge in [0.15, 0.2) is 11.5 Å². The molecule has 1 fully saturated rings. The third-order valence-corrected chi connectivity index (χ3v) is 3.83. The predicted molar refractivity (Wildman–Crippen MR) is 69.7 cm³/mol. The molecule has 3 N–H and O–H groups in total. The van der Waals surface area contributed by atoms with Gasteiger partial charge in [-0.3, -0.25) is 4.79 Å². The minimum absolute atomic E-state index is 0.105. The van der Waals surface area contributed by atoms with Crippen molar-refractivity contribution in [3.8, 4) is 11.5 Å². The van der Waals surface area contributed by atoms with Crippen molar-refractivity contribution in [2.75, 3.05) is 6.79 Å². The van der Waals surface area contributed by atoms with E-state index >= 15 is 0 Å². The van der Waals surface area contributed by atoms with Gasteiger partial charge in [-0.1, -0.05) is 12.1 Å². The first kappa shape index (κ1) is 12.3. The van der Waals surface area contributed by atoms with Gasteiger partial charge in [0, 0.05) is 12.1 Å². The number of benzene rings is 1. The van der Waals surface area contributed by atoms with E-state index in [1.54, 1.807) is 6.92 Å². The molecule has 19 heavy (non-hydrogen) atoms. The normalized spacial score (nSPS) is 19.9. The summed E-state index contributed by atoms with van der Waals surface area (Å²) in [7, 11) is 0. The van der Waals surface area contributed by atoms with Crippen molar-refractivity contribution < 1.29 is 14.3 Å². The summed E-state index contributed by atoms with van der Waals surface area (Å²) in [5.74, 6) is 1.65. The number of hydrogen-bond donors (Lipinski definition) is 2. The van der Waals surface area contributed by atoms with Crippen LogP contribution in [0.3, 0.4) is 0 Å². The van der Waals surface area contributed by atoms with Crippen molar-refractivity contribution in [3.63, 3.8) is 0 Å². The summed E-state index contributed by atoms with van der Waals surface area (Å²) in [6, 6.07) is 5.65. The molecule has 1 unspecified atom stereocenters. The number of hydrogen-bond acceptors (Lipinski definition) is 4. The number of ether oxygens (including phenoxy) is 2. The van der Waals surface area contributed by atoms with Crippen molar-refractivity contribution in [2.24, 2.45) is 11.7 Å². The lowest BCUT2D eigenvalue weighted by Crippen LogP contribution is -2.53. The average Bonchev–Trinajstić information content (AvgIpc) is 3.15. The zero-order chi connectivity index (χ0) is 13.5. The Morgan fingerprint density at radius 1 is 1.47 bits per heavy atom. The molecule has 1 amide bonds. The predicted octanol–water partition coefficient (Wildman–Crippen LogP) is 1.16. The minimum Gasteiger partial charge on any atom is -0.454 e. The van der Waals surface area contributed by atoms with Gasteiger partial charge in [0.25, 0.3) is 0 Å². The van der Waals surface area contributed by atoms with E-state index in [1.165, 1.54) is 0 Å². The zero-order valence-corrected chi connectivity index (χ0v) is 10.9. The van der Waals surface area contributed by atoms with Crippen LogP contribution in [0.1, 0.15) is 25.3 Å². The van der Waals surface area contributed by atoms with Crippen LogP contribution in [0.2, 0.25) is 0 Å². The molecule has 1 aromatic rings. The van der Waals surface area contributed by atoms with Crippen LogP contribution in [0, 0.1) is 5.92 Å². The lowest BCUT2D eigenvalue weighted by Gasteiger charge is -2.23. The van der Waals surface area contributed by atoms with Crippen LogP contribution < -0.4 is 20.5 Å². The van der Waals surface area contributed by atoms with E-state index in [2.05, 4.69) is 5.32 Å². The number of nitrogens with two attached hydrogens (primary N) is 1. The molecule has 102 valence electrons. The van der Waals surface area contributed by atoms with Gasteiger partial charge in [0.2, 0.25) is 12.7 Å². The third kappa shape index (κ3) is 2.26. The van der Waals surface area contributed by atoms with E-state index in [0.717, 1.165) is 24.2 Å². The van der Waals surface area contributed by atoms with Gasteiger partial charge in [-0.05, 0) is 31.7 Å². The fraction of sp³-hybridized carbons (Fsp3) is 0.500. The standard InChI is InChI=1S/C14H18N2O3/c1-14(15,10-5-6-10)13(17)16-7-9-3-2-4-11-12(9)19-8-18-11/h2-4,10H,5-8,15H2,1H3,(H,16,17). The molecule has 0 saturated heterocycles. The molecule has 1 atom stereocenters. The number of carbonyl (C=O) groups is 1. The van der Waals surface area contributed by atoms with Gasteiger partial charge in [0.05, 0.1) is 5.54 Å². The summed E-state index contributed by atoms with van der Waals surface area (Å²) in [6.45, 7) is 2.44. The van der Waals surface area contributed by atoms with E-state index in [1.807, 2.05) is 18.2 Å². The maximum atomic E-state index is 12.1. The summed E-state index contributed by atoms with van der Waals surface area (Å²) in [6.07, 6.45) is 2.08. The fourth-order valence-corrected chi connectivity index (χ4v) is 2.36. The maximum absolute atomic E-state index is 12.1. The fourth-order valence-electron chi connectivity index (χ4n) is 2.36. The van der Waals surface area contributed by atoms with E-state index < -0.39 is 5.54 Å². The average molecular weight is 262 g/mol. The molecule has 5 heteroatoms. The van der Waals surface area contributed by atoms with Crippen LogP contribution in [0.5, 0.6) is 11.5 Å². The second kappa shape index (κ2) is 4.42. The molecule has 1 aliphatic heterocycles. The van der Waals surface area contributed by atoms with Crippen LogP contribution in [-0.4, -0.2) is 18.2 Å². The van der Waals surface area contributed by atoms with E-state index in [9.17, 15) is 4.79 Å². The van der Waals surface area contributed by atoms with Crippen LogP contribution in [0.15, 0.2) is 18.2 Å². The molecule has 0 radical (unpaired) electrons. The highest BCUT2D eigenvalue weighted by atomic mass is 16.7. The smallest absolute Gasteiger partial charge is 0.240 e. The van der Waals surface area contributed by atoms with E-state index in [-0.39, 0.29) is 12.7 Å². The molecule has 5 nitrogen and oxygen atoms in total. The van der Waals surface area contributed by atoms with Crippen molar-refractivity contribution in [3.05, 3.63) is 23.8 Å². The first-order valence-electron chi connectivity index (χ1n) is 6.53. The van der Waals surface area contributed by atoms with Gasteiger partial charge >= 0.3 is 0 Å². The highest BCUT2D eigenvalue weighted by molar-refractivity contribution is 5.86. The number of fused-ring (bicyclic) bond motifs is 1. The maximum Gasteiger partial charge on any atom is 0.240 e. The van der Waals surface area contributed by atoms with Crippen molar-refractivity contribution in [1.29, 1.82) is 0 Å². The molecule has 3 rings (SSSR count). The van der Waals surface area contributed by atoms with Crippen LogP contribution in [-0.2, 0) is 11.3 Å². The topological polar surface area (TPSA) is 73.6 Å². The van der Waals surface area contributed by atoms with E-state index in [0.29, 0.717) is 18.2 Å². The van der Waals surface area contributed by atoms with Gasteiger partial charge in [-0.15, -0.1) is 0 Å². The molecule has 0 spiro atoms. The van der Waals surface area contributed by atoms with Gasteiger partial charge in [-0.2, -0.15) is 0 Å². The Balaban J connectivity index is 1.67. The molecule has 2 aliphatic rings. The largest absolute Gasteiger partial charge is 0.454 e. The molecular weight excluding hydrogens is 244 g/mol. The highest BCUT2D eigenvalue weighted by Gasteiger charge is 2.43. The second-order valence-electron chi connectivity index (χ2n) is 5.39. The lowest BCUT2D eigenvalue weighted by molar-refractivity contribution is -0.126. The molecule has 1 heterocycles. The summed E-state index contributed by atoms with van der Waals surface area (Å²) in [5, 5.41) is 2.89. The Bertz CT molecular complexity index is 509. The zero-order valence-electron chi connectivity index (χ0n) is 10.9. The minimum atomic E-state index is -0.769. The Morgan fingerprint density at radius 2 is 2.26 bits per heavy atom. The van der Waals surface area contributed by atoms with Crippen molar-refractivity contribution in [2.45, 2.75) is 31.8 Å². The van der Waals surface area contributed by atoms with Gasteiger partial charge in [0.1, 0.15) is 0 Å². The monoisotopic (exact) mass is 262 g/mol. The quantitative estimate of drug-likeness (QED) is 0.854. The van der Waals surface area contributed by atoms with Crippen LogP contribution >= 0.6 is 0 Å². The summed E-state index contributed by atoms with van der Waals surface area (Å²) in [5.41, 5.74) is 6.22. The number of carbonyl (C=O) groups excluding carboxylic acids is 1. The van der Waals surface area contributed by atoms with E-state index in [4.69, 9.17) is 15.2 Å². The highest BCUT2D eigenvalue weighted by Crippen LogP contribution is 2.38. The summed E-state index contributed by atoms with van der Waals surface area (Å²) < 4.78 is 10.7. The molecule has 1 aliphatic carbocycles. The van der Waals surface area contributed by atoms with Crippen molar-refractivity contribution >= 4 is 5.91 Å². The second-order valence-corrected chi connectivity index (χ2v) is 5.39. The third-order valence-electron chi connectivity index (χ3n) is 3.83. The number of rotatable bonds is 4. The first-order chi connectivity index (χ1) is 9.09. The molecule has 0 aromatic heterocycles. The van der Waals surface area contributed by atoms with Crippen LogP contribution in [0.25, 0.3) is 0 Å². The number of nitrogens with one attached hydrogen (secondary N) is 1. The van der Waals surface area contributed by atoms with Gasteiger partial charge in [-0.25, -0.2) is 0 Å².